The van der Waals surface area contributed by atoms with Crippen LogP contribution in [0.3, 0.4) is 0 Å². The molecule has 0 aliphatic carbocycles. The number of fused-ring (bicyclic) bond motifs is 1. The van der Waals surface area contributed by atoms with Crippen LogP contribution in [0.1, 0.15) is 29.7 Å². The number of ether oxygens (including phenoxy) is 1. The average molecular weight is 448 g/mol. The highest BCUT2D eigenvalue weighted by molar-refractivity contribution is 6.44. The fraction of sp³-hybridized carbons (Fsp3) is 0.476. The van der Waals surface area contributed by atoms with Crippen molar-refractivity contribution in [2.75, 3.05) is 31.2 Å². The number of rotatable bonds is 2. The lowest BCUT2D eigenvalue weighted by molar-refractivity contribution is 0.131. The van der Waals surface area contributed by atoms with Crippen LogP contribution in [0.4, 0.5) is 5.95 Å². The van der Waals surface area contributed by atoms with E-state index < -0.39 is 0 Å². The van der Waals surface area contributed by atoms with E-state index in [0.29, 0.717) is 51.7 Å². The maximum atomic E-state index is 13.3. The molecule has 4 heterocycles. The van der Waals surface area contributed by atoms with E-state index in [1.165, 1.54) is 0 Å². The number of aromatic nitrogens is 2. The van der Waals surface area contributed by atoms with Gasteiger partial charge in [-0.15, -0.1) is 0 Å². The first kappa shape index (κ1) is 20.0. The number of nitrogens with two attached hydrogens (primary N) is 1. The van der Waals surface area contributed by atoms with Crippen molar-refractivity contribution >= 4 is 34.9 Å². The van der Waals surface area contributed by atoms with Gasteiger partial charge in [0.25, 0.3) is 5.56 Å². The van der Waals surface area contributed by atoms with Crippen molar-refractivity contribution in [2.24, 2.45) is 23.2 Å². The van der Waals surface area contributed by atoms with Gasteiger partial charge in [-0.2, -0.15) is 0 Å². The van der Waals surface area contributed by atoms with Gasteiger partial charge < -0.3 is 15.4 Å². The van der Waals surface area contributed by atoms with Crippen LogP contribution in [-0.4, -0.2) is 47.6 Å². The van der Waals surface area contributed by atoms with Crippen molar-refractivity contribution in [3.05, 3.63) is 55.4 Å². The Morgan fingerprint density at radius 1 is 1.27 bits per heavy atom. The van der Waals surface area contributed by atoms with Crippen LogP contribution in [0.2, 0.25) is 10.0 Å². The summed E-state index contributed by atoms with van der Waals surface area (Å²) in [5, 5.41) is 0.830. The Kier molecular flexibility index (Phi) is 4.89. The molecule has 0 amide bonds. The number of aliphatic imine (C=N–C) groups is 1. The molecule has 2 saturated heterocycles. The molecule has 3 aliphatic rings. The molecular formula is C21H23Cl2N5O2. The maximum absolute atomic E-state index is 13.3. The Labute approximate surface area is 184 Å². The van der Waals surface area contributed by atoms with Gasteiger partial charge in [-0.1, -0.05) is 35.3 Å². The van der Waals surface area contributed by atoms with Crippen LogP contribution in [0.15, 0.2) is 28.0 Å². The maximum Gasteiger partial charge on any atom is 0.264 e. The number of anilines is 1. The van der Waals surface area contributed by atoms with Gasteiger partial charge in [0, 0.05) is 37.2 Å². The Hall–Kier alpha value is -1.93. The van der Waals surface area contributed by atoms with Gasteiger partial charge in [0.05, 0.1) is 46.8 Å². The highest BCUT2D eigenvalue weighted by atomic mass is 35.5. The van der Waals surface area contributed by atoms with Gasteiger partial charge in [0.15, 0.2) is 0 Å². The summed E-state index contributed by atoms with van der Waals surface area (Å²) in [6.45, 7) is 3.29. The van der Waals surface area contributed by atoms with Gasteiger partial charge in [-0.25, -0.2) is 4.98 Å². The third kappa shape index (κ3) is 2.99. The summed E-state index contributed by atoms with van der Waals surface area (Å²) in [6.07, 6.45) is 1.86. The van der Waals surface area contributed by atoms with Crippen molar-refractivity contribution in [1.29, 1.82) is 0 Å². The highest BCUT2D eigenvalue weighted by Gasteiger charge is 2.44. The quantitative estimate of drug-likeness (QED) is 0.763. The van der Waals surface area contributed by atoms with Crippen LogP contribution >= 0.6 is 23.2 Å². The number of halogens is 2. The number of nitrogens with zero attached hydrogens (tertiary/aromatic N) is 4. The molecule has 30 heavy (non-hydrogen) atoms. The second-order valence-corrected chi connectivity index (χ2v) is 9.12. The van der Waals surface area contributed by atoms with Crippen LogP contribution in [-0.2, 0) is 18.3 Å². The summed E-state index contributed by atoms with van der Waals surface area (Å²) in [6, 6.07) is 5.42. The predicted molar refractivity (Wildman–Crippen MR) is 118 cm³/mol. The second kappa shape index (κ2) is 7.34. The van der Waals surface area contributed by atoms with Gasteiger partial charge in [0.1, 0.15) is 0 Å². The Balaban J connectivity index is 1.47. The van der Waals surface area contributed by atoms with Crippen molar-refractivity contribution < 1.29 is 4.74 Å². The number of piperidine rings is 1. The first-order valence-electron chi connectivity index (χ1n) is 10.1. The summed E-state index contributed by atoms with van der Waals surface area (Å²) >= 11 is 12.6. The zero-order valence-electron chi connectivity index (χ0n) is 16.7. The highest BCUT2D eigenvalue weighted by Crippen LogP contribution is 2.39. The van der Waals surface area contributed by atoms with Crippen LogP contribution in [0, 0.1) is 5.41 Å². The van der Waals surface area contributed by atoms with Gasteiger partial charge in [-0.3, -0.25) is 14.4 Å². The lowest BCUT2D eigenvalue weighted by atomic mass is 9.75. The van der Waals surface area contributed by atoms with E-state index in [0.717, 1.165) is 32.5 Å². The molecular weight excluding hydrogens is 425 g/mol. The standard InChI is InChI=1S/C21H23Cl2N5O2/c1-27-19(29)16-14(9-25-18(16)12-3-2-4-13(22)17(12)23)26-20(27)28-7-5-21(6-8-28)11-30-10-15(21)24/h2-4,15H,5-11,24H2,1H3/t15-/m1/s1. The van der Waals surface area contributed by atoms with Crippen LogP contribution in [0.5, 0.6) is 0 Å². The molecule has 9 heteroatoms. The van der Waals surface area contributed by atoms with Crippen molar-refractivity contribution in [3.8, 4) is 0 Å². The number of hydrogen-bond acceptors (Lipinski definition) is 6. The Morgan fingerprint density at radius 3 is 2.73 bits per heavy atom. The van der Waals surface area contributed by atoms with Crippen LogP contribution < -0.4 is 16.2 Å². The summed E-state index contributed by atoms with van der Waals surface area (Å²) in [5.41, 5.74) is 8.63. The molecule has 0 radical (unpaired) electrons. The minimum Gasteiger partial charge on any atom is -0.379 e. The lowest BCUT2D eigenvalue weighted by Crippen LogP contribution is -2.50. The largest absolute Gasteiger partial charge is 0.379 e. The molecule has 1 aromatic heterocycles. The third-order valence-corrected chi connectivity index (χ3v) is 7.51. The summed E-state index contributed by atoms with van der Waals surface area (Å²) in [5.74, 6) is 0.676. The summed E-state index contributed by atoms with van der Waals surface area (Å²) in [7, 11) is 1.76. The molecule has 5 rings (SSSR count). The Bertz CT molecular complexity index is 1110. The van der Waals surface area contributed by atoms with Crippen molar-refractivity contribution in [3.63, 3.8) is 0 Å². The molecule has 0 unspecified atom stereocenters. The minimum atomic E-state index is -0.122. The molecule has 0 bridgehead atoms. The zero-order chi connectivity index (χ0) is 21.0. The molecule has 2 fully saturated rings. The van der Waals surface area contributed by atoms with E-state index in [-0.39, 0.29) is 17.0 Å². The first-order valence-corrected chi connectivity index (χ1v) is 10.8. The molecule has 1 atom stereocenters. The predicted octanol–water partition coefficient (Wildman–Crippen LogP) is 2.38. The molecule has 0 saturated carbocycles. The molecule has 1 aromatic carbocycles. The van der Waals surface area contributed by atoms with E-state index in [4.69, 9.17) is 38.7 Å². The van der Waals surface area contributed by atoms with Crippen molar-refractivity contribution in [1.82, 2.24) is 9.55 Å². The fourth-order valence-corrected chi connectivity index (χ4v) is 5.14. The minimum absolute atomic E-state index is 0.0473. The number of hydrogen-bond donors (Lipinski definition) is 1. The second-order valence-electron chi connectivity index (χ2n) is 8.33. The molecule has 158 valence electrons. The third-order valence-electron chi connectivity index (χ3n) is 6.69. The van der Waals surface area contributed by atoms with E-state index in [9.17, 15) is 4.79 Å². The Morgan fingerprint density at radius 2 is 2.03 bits per heavy atom. The van der Waals surface area contributed by atoms with Crippen LogP contribution in [0.25, 0.3) is 0 Å². The normalized spacial score (nSPS) is 22.5. The molecule has 2 aromatic rings. The van der Waals surface area contributed by atoms with E-state index in [2.05, 4.69) is 9.89 Å². The van der Waals surface area contributed by atoms with Gasteiger partial charge >= 0.3 is 0 Å². The molecule has 2 N–H and O–H groups in total. The van der Waals surface area contributed by atoms with E-state index >= 15 is 0 Å². The number of benzene rings is 1. The zero-order valence-corrected chi connectivity index (χ0v) is 18.2. The molecule has 7 nitrogen and oxygen atoms in total. The smallest absolute Gasteiger partial charge is 0.264 e. The van der Waals surface area contributed by atoms with Crippen molar-refractivity contribution in [2.45, 2.75) is 25.4 Å². The monoisotopic (exact) mass is 447 g/mol. The first-order chi connectivity index (χ1) is 14.4. The SMILES string of the molecule is Cn1c(N2CCC3(CC2)COC[C@H]3N)nc2c(c1=O)C(c1cccc(Cl)c1Cl)=NC2. The van der Waals surface area contributed by atoms with E-state index in [1.54, 1.807) is 23.7 Å². The fourth-order valence-electron chi connectivity index (χ4n) is 4.75. The topological polar surface area (TPSA) is 85.7 Å². The molecule has 1 spiro atoms. The molecule has 3 aliphatic heterocycles. The van der Waals surface area contributed by atoms with Gasteiger partial charge in [-0.05, 0) is 18.9 Å². The summed E-state index contributed by atoms with van der Waals surface area (Å²) in [4.78, 5) is 24.9. The lowest BCUT2D eigenvalue weighted by Gasteiger charge is -2.41. The van der Waals surface area contributed by atoms with Gasteiger partial charge in [0.2, 0.25) is 5.95 Å². The average Bonchev–Trinajstić information content (AvgIpc) is 3.32. The van der Waals surface area contributed by atoms with E-state index in [1.807, 2.05) is 6.07 Å². The summed E-state index contributed by atoms with van der Waals surface area (Å²) < 4.78 is 7.23.